The van der Waals surface area contributed by atoms with Crippen LogP contribution in [0.25, 0.3) is 0 Å². The molecule has 1 aromatic rings. The van der Waals surface area contributed by atoms with E-state index in [4.69, 9.17) is 4.74 Å². The van der Waals surface area contributed by atoms with Crippen LogP contribution in [0, 0.1) is 0 Å². The molecule has 80 valence electrons. The molecule has 0 N–H and O–H groups in total. The highest BCUT2D eigenvalue weighted by molar-refractivity contribution is 5.91. The van der Waals surface area contributed by atoms with Crippen molar-refractivity contribution in [3.8, 4) is 0 Å². The lowest BCUT2D eigenvalue weighted by molar-refractivity contribution is -0.672. The van der Waals surface area contributed by atoms with E-state index in [9.17, 15) is 4.79 Å². The molecular formula is C12H16NO2+. The number of fused-ring (bicyclic) bond motifs is 1. The number of hydrogen-bond acceptors (Lipinski definition) is 2. The van der Waals surface area contributed by atoms with Gasteiger partial charge in [-0.05, 0) is 24.3 Å². The number of aryl methyl sites for hydroxylation is 1. The SMILES string of the molecule is COC(=O)c1c[n+](C)cc2c1CCC2C. The summed E-state index contributed by atoms with van der Waals surface area (Å²) in [5.41, 5.74) is 3.19. The molecule has 0 spiro atoms. The average molecular weight is 206 g/mol. The molecule has 1 atom stereocenters. The van der Waals surface area contributed by atoms with E-state index in [1.54, 1.807) is 0 Å². The molecule has 0 saturated carbocycles. The Hall–Kier alpha value is -1.38. The summed E-state index contributed by atoms with van der Waals surface area (Å²) in [4.78, 5) is 11.6. The van der Waals surface area contributed by atoms with Crippen LogP contribution in [0.15, 0.2) is 12.4 Å². The molecule has 0 aliphatic heterocycles. The second-order valence-electron chi connectivity index (χ2n) is 4.20. The number of hydrogen-bond donors (Lipinski definition) is 0. The molecule has 0 amide bonds. The minimum Gasteiger partial charge on any atom is -0.465 e. The number of methoxy groups -OCH3 is 1. The number of nitrogens with zero attached hydrogens (tertiary/aromatic N) is 1. The van der Waals surface area contributed by atoms with Crippen molar-refractivity contribution in [3.63, 3.8) is 0 Å². The van der Waals surface area contributed by atoms with E-state index in [1.165, 1.54) is 18.2 Å². The van der Waals surface area contributed by atoms with E-state index in [0.29, 0.717) is 5.92 Å². The summed E-state index contributed by atoms with van der Waals surface area (Å²) in [5.74, 6) is 0.326. The van der Waals surface area contributed by atoms with Crippen molar-refractivity contribution in [2.75, 3.05) is 7.11 Å². The summed E-state index contributed by atoms with van der Waals surface area (Å²) < 4.78 is 6.74. The Morgan fingerprint density at radius 2 is 2.27 bits per heavy atom. The van der Waals surface area contributed by atoms with Crippen LogP contribution >= 0.6 is 0 Å². The summed E-state index contributed by atoms with van der Waals surface area (Å²) in [6, 6.07) is 0. The van der Waals surface area contributed by atoms with Crippen LogP contribution in [-0.4, -0.2) is 13.1 Å². The van der Waals surface area contributed by atoms with Gasteiger partial charge in [0.1, 0.15) is 12.6 Å². The first-order chi connectivity index (χ1) is 7.13. The molecule has 1 unspecified atom stereocenters. The van der Waals surface area contributed by atoms with Crippen LogP contribution in [-0.2, 0) is 18.2 Å². The Balaban J connectivity index is 2.56. The molecule has 0 saturated heterocycles. The fraction of sp³-hybridized carbons (Fsp3) is 0.500. The molecule has 1 aliphatic carbocycles. The van der Waals surface area contributed by atoms with Gasteiger partial charge in [-0.15, -0.1) is 0 Å². The zero-order valence-corrected chi connectivity index (χ0v) is 9.41. The predicted octanol–water partition coefficient (Wildman–Crippen LogP) is 1.35. The molecular weight excluding hydrogens is 190 g/mol. The summed E-state index contributed by atoms with van der Waals surface area (Å²) in [5, 5.41) is 0. The van der Waals surface area contributed by atoms with E-state index < -0.39 is 0 Å². The summed E-state index contributed by atoms with van der Waals surface area (Å²) in [7, 11) is 3.37. The van der Waals surface area contributed by atoms with Gasteiger partial charge in [-0.3, -0.25) is 0 Å². The van der Waals surface area contributed by atoms with E-state index in [1.807, 2.05) is 17.8 Å². The van der Waals surface area contributed by atoms with Gasteiger partial charge in [-0.1, -0.05) is 6.92 Å². The first kappa shape index (κ1) is 10.1. The van der Waals surface area contributed by atoms with Crippen LogP contribution in [0.2, 0.25) is 0 Å². The average Bonchev–Trinajstić information content (AvgIpc) is 2.58. The number of carbonyl (C=O) groups excluding carboxylic acids is 1. The lowest BCUT2D eigenvalue weighted by Gasteiger charge is -2.05. The van der Waals surface area contributed by atoms with Crippen molar-refractivity contribution >= 4 is 5.97 Å². The van der Waals surface area contributed by atoms with E-state index in [0.717, 1.165) is 18.4 Å². The monoisotopic (exact) mass is 206 g/mol. The molecule has 3 heteroatoms. The molecule has 2 rings (SSSR count). The molecule has 3 nitrogen and oxygen atoms in total. The molecule has 0 fully saturated rings. The normalized spacial score (nSPS) is 18.7. The van der Waals surface area contributed by atoms with Gasteiger partial charge in [0.25, 0.3) is 0 Å². The summed E-state index contributed by atoms with van der Waals surface area (Å²) >= 11 is 0. The third-order valence-corrected chi connectivity index (χ3v) is 3.11. The maximum Gasteiger partial charge on any atom is 0.344 e. The van der Waals surface area contributed by atoms with E-state index in [-0.39, 0.29) is 5.97 Å². The number of esters is 1. The molecule has 1 aliphatic rings. The Morgan fingerprint density at radius 1 is 1.53 bits per heavy atom. The van der Waals surface area contributed by atoms with Gasteiger partial charge in [0.15, 0.2) is 12.4 Å². The largest absolute Gasteiger partial charge is 0.465 e. The molecule has 1 aromatic heterocycles. The fourth-order valence-corrected chi connectivity index (χ4v) is 2.28. The number of rotatable bonds is 1. The Bertz CT molecular complexity index is 412. The lowest BCUT2D eigenvalue weighted by atomic mass is 10.0. The minimum absolute atomic E-state index is 0.225. The topological polar surface area (TPSA) is 30.2 Å². The van der Waals surface area contributed by atoms with Gasteiger partial charge < -0.3 is 4.74 Å². The number of ether oxygens (including phenoxy) is 1. The van der Waals surface area contributed by atoms with Crippen molar-refractivity contribution in [2.24, 2.45) is 7.05 Å². The van der Waals surface area contributed by atoms with E-state index >= 15 is 0 Å². The molecule has 1 heterocycles. The van der Waals surface area contributed by atoms with Gasteiger partial charge in [-0.25, -0.2) is 9.36 Å². The van der Waals surface area contributed by atoms with Crippen molar-refractivity contribution in [1.29, 1.82) is 0 Å². The number of carbonyl (C=O) groups is 1. The predicted molar refractivity (Wildman–Crippen MR) is 55.7 cm³/mol. The highest BCUT2D eigenvalue weighted by Gasteiger charge is 2.28. The maximum atomic E-state index is 11.6. The van der Waals surface area contributed by atoms with Gasteiger partial charge in [0, 0.05) is 5.56 Å². The minimum atomic E-state index is -0.225. The smallest absolute Gasteiger partial charge is 0.344 e. The Kier molecular flexibility index (Phi) is 2.47. The van der Waals surface area contributed by atoms with Crippen molar-refractivity contribution in [2.45, 2.75) is 25.7 Å². The first-order valence-electron chi connectivity index (χ1n) is 5.24. The maximum absolute atomic E-state index is 11.6. The standard InChI is InChI=1S/C12H16NO2/c1-8-4-5-9-10(8)6-13(2)7-11(9)12(14)15-3/h6-8H,4-5H2,1-3H3/q+1. The molecule has 15 heavy (non-hydrogen) atoms. The van der Waals surface area contributed by atoms with Crippen LogP contribution in [0.1, 0.15) is 40.7 Å². The quantitative estimate of drug-likeness (QED) is 0.513. The molecule has 0 bridgehead atoms. The second kappa shape index (κ2) is 3.65. The molecule has 0 radical (unpaired) electrons. The highest BCUT2D eigenvalue weighted by Crippen LogP contribution is 2.33. The van der Waals surface area contributed by atoms with Crippen molar-refractivity contribution in [1.82, 2.24) is 0 Å². The zero-order valence-electron chi connectivity index (χ0n) is 9.41. The van der Waals surface area contributed by atoms with Gasteiger partial charge in [0.2, 0.25) is 0 Å². The zero-order chi connectivity index (χ0) is 11.0. The summed E-state index contributed by atoms with van der Waals surface area (Å²) in [6.45, 7) is 2.20. The van der Waals surface area contributed by atoms with Crippen molar-refractivity contribution < 1.29 is 14.1 Å². The van der Waals surface area contributed by atoms with Gasteiger partial charge >= 0.3 is 5.97 Å². The highest BCUT2D eigenvalue weighted by atomic mass is 16.5. The lowest BCUT2D eigenvalue weighted by Crippen LogP contribution is -2.30. The Labute approximate surface area is 89.7 Å². The van der Waals surface area contributed by atoms with Gasteiger partial charge in [-0.2, -0.15) is 0 Å². The third kappa shape index (κ3) is 1.62. The number of aromatic nitrogens is 1. The van der Waals surface area contributed by atoms with Crippen molar-refractivity contribution in [3.05, 3.63) is 29.1 Å². The van der Waals surface area contributed by atoms with Gasteiger partial charge in [0.05, 0.1) is 7.11 Å². The van der Waals surface area contributed by atoms with Crippen LogP contribution in [0.3, 0.4) is 0 Å². The second-order valence-corrected chi connectivity index (χ2v) is 4.20. The first-order valence-corrected chi connectivity index (χ1v) is 5.24. The molecule has 0 aromatic carbocycles. The van der Waals surface area contributed by atoms with E-state index in [2.05, 4.69) is 13.1 Å². The summed E-state index contributed by atoms with van der Waals surface area (Å²) in [6.07, 6.45) is 6.08. The van der Waals surface area contributed by atoms with Crippen LogP contribution < -0.4 is 4.57 Å². The fourth-order valence-electron chi connectivity index (χ4n) is 2.28. The number of pyridine rings is 1. The third-order valence-electron chi connectivity index (χ3n) is 3.11. The van der Waals surface area contributed by atoms with Crippen LogP contribution in [0.4, 0.5) is 0 Å². The van der Waals surface area contributed by atoms with Crippen LogP contribution in [0.5, 0.6) is 0 Å². The Morgan fingerprint density at radius 3 is 2.93 bits per heavy atom.